The Morgan fingerprint density at radius 3 is 2.39 bits per heavy atom. The number of nitrogen functional groups attached to an aromatic ring is 1. The lowest BCUT2D eigenvalue weighted by atomic mass is 10.0. The minimum atomic E-state index is 0.327. The lowest BCUT2D eigenvalue weighted by Crippen LogP contribution is -2.01. The molecule has 4 heteroatoms. The normalized spacial score (nSPS) is 12.9. The Morgan fingerprint density at radius 2 is 1.83 bits per heavy atom. The van der Waals surface area contributed by atoms with E-state index in [0.29, 0.717) is 11.8 Å². The number of nitrogens with two attached hydrogens (primary N) is 1. The zero-order valence-electron chi connectivity index (χ0n) is 11.1. The molecule has 0 saturated heterocycles. The zero-order valence-corrected chi connectivity index (χ0v) is 11.1. The molecule has 2 rings (SSSR count). The van der Waals surface area contributed by atoms with Gasteiger partial charge < -0.3 is 5.73 Å². The van der Waals surface area contributed by atoms with Gasteiger partial charge in [0.2, 0.25) is 0 Å². The number of H-pyrrole nitrogens is 1. The van der Waals surface area contributed by atoms with Crippen LogP contribution in [0.25, 0.3) is 0 Å². The summed E-state index contributed by atoms with van der Waals surface area (Å²) in [6.45, 7) is 6.34. The van der Waals surface area contributed by atoms with Crippen LogP contribution in [0.15, 0.2) is 24.3 Å². The number of nitrogens with one attached hydrogen (secondary N) is 1. The highest BCUT2D eigenvalue weighted by atomic mass is 15.2. The first-order chi connectivity index (χ1) is 8.56. The van der Waals surface area contributed by atoms with Gasteiger partial charge in [0.1, 0.15) is 5.82 Å². The molecule has 0 spiro atoms. The van der Waals surface area contributed by atoms with Gasteiger partial charge >= 0.3 is 0 Å². The van der Waals surface area contributed by atoms with Crippen molar-refractivity contribution in [3.05, 3.63) is 41.5 Å². The van der Waals surface area contributed by atoms with Gasteiger partial charge in [0.15, 0.2) is 5.82 Å². The number of aromatic nitrogens is 3. The van der Waals surface area contributed by atoms with Crippen molar-refractivity contribution in [2.24, 2.45) is 0 Å². The van der Waals surface area contributed by atoms with Crippen molar-refractivity contribution in [3.63, 3.8) is 0 Å². The van der Waals surface area contributed by atoms with Gasteiger partial charge in [-0.2, -0.15) is 5.10 Å². The third-order valence-electron chi connectivity index (χ3n) is 3.02. The molecule has 1 aromatic heterocycles. The molecule has 1 heterocycles. The molecule has 1 aromatic carbocycles. The van der Waals surface area contributed by atoms with Crippen LogP contribution in [-0.2, 0) is 6.42 Å². The van der Waals surface area contributed by atoms with E-state index in [9.17, 15) is 0 Å². The summed E-state index contributed by atoms with van der Waals surface area (Å²) in [6, 6.07) is 7.99. The van der Waals surface area contributed by atoms with Crippen LogP contribution in [0, 0.1) is 0 Å². The van der Waals surface area contributed by atoms with E-state index in [1.54, 1.807) is 0 Å². The van der Waals surface area contributed by atoms with E-state index in [1.807, 2.05) is 12.1 Å². The minimum absolute atomic E-state index is 0.327. The van der Waals surface area contributed by atoms with Gasteiger partial charge in [-0.15, -0.1) is 0 Å². The first-order valence-electron chi connectivity index (χ1n) is 6.33. The summed E-state index contributed by atoms with van der Waals surface area (Å²) >= 11 is 0. The number of anilines is 1. The van der Waals surface area contributed by atoms with E-state index in [0.717, 1.165) is 23.8 Å². The third-order valence-corrected chi connectivity index (χ3v) is 3.02. The quantitative estimate of drug-likeness (QED) is 0.813. The van der Waals surface area contributed by atoms with Crippen LogP contribution >= 0.6 is 0 Å². The molecule has 0 aliphatic rings. The summed E-state index contributed by atoms with van der Waals surface area (Å²) in [6.07, 6.45) is 0.938. The second-order valence-electron chi connectivity index (χ2n) is 5.08. The van der Waals surface area contributed by atoms with Gasteiger partial charge in [-0.1, -0.05) is 32.9 Å². The number of benzene rings is 1. The molecule has 1 atom stereocenters. The Morgan fingerprint density at radius 1 is 1.17 bits per heavy atom. The molecule has 96 valence electrons. The molecule has 0 saturated carbocycles. The number of rotatable bonds is 4. The van der Waals surface area contributed by atoms with Crippen molar-refractivity contribution in [2.45, 2.75) is 39.0 Å². The average Bonchev–Trinajstić information content (AvgIpc) is 2.81. The first kappa shape index (κ1) is 12.6. The Balaban J connectivity index is 2.06. The van der Waals surface area contributed by atoms with Gasteiger partial charge in [0.05, 0.1) is 0 Å². The van der Waals surface area contributed by atoms with Crippen LogP contribution < -0.4 is 5.73 Å². The molecule has 0 aliphatic heterocycles. The Labute approximate surface area is 108 Å². The number of hydrogen-bond donors (Lipinski definition) is 2. The van der Waals surface area contributed by atoms with E-state index < -0.39 is 0 Å². The maximum Gasteiger partial charge on any atom is 0.153 e. The second kappa shape index (κ2) is 5.21. The summed E-state index contributed by atoms with van der Waals surface area (Å²) in [7, 11) is 0. The van der Waals surface area contributed by atoms with Gasteiger partial charge in [-0.25, -0.2) is 4.98 Å². The SMILES string of the molecule is CC(C)c1n[nH]c(C(C)Cc2ccc(N)cc2)n1. The summed E-state index contributed by atoms with van der Waals surface area (Å²) in [5.41, 5.74) is 7.74. The molecular weight excluding hydrogens is 224 g/mol. The van der Waals surface area contributed by atoms with Gasteiger partial charge in [0, 0.05) is 17.5 Å². The minimum Gasteiger partial charge on any atom is -0.399 e. The highest BCUT2D eigenvalue weighted by molar-refractivity contribution is 5.39. The van der Waals surface area contributed by atoms with Crippen molar-refractivity contribution < 1.29 is 0 Å². The van der Waals surface area contributed by atoms with Crippen molar-refractivity contribution in [2.75, 3.05) is 5.73 Å². The highest BCUT2D eigenvalue weighted by Gasteiger charge is 2.13. The van der Waals surface area contributed by atoms with Crippen LogP contribution in [-0.4, -0.2) is 15.2 Å². The van der Waals surface area contributed by atoms with E-state index in [1.165, 1.54) is 5.56 Å². The summed E-state index contributed by atoms with van der Waals surface area (Å²) in [5.74, 6) is 2.53. The molecule has 0 radical (unpaired) electrons. The second-order valence-corrected chi connectivity index (χ2v) is 5.08. The summed E-state index contributed by atoms with van der Waals surface area (Å²) in [4.78, 5) is 4.53. The van der Waals surface area contributed by atoms with Crippen molar-refractivity contribution >= 4 is 5.69 Å². The number of aromatic amines is 1. The largest absolute Gasteiger partial charge is 0.399 e. The van der Waals surface area contributed by atoms with Crippen molar-refractivity contribution in [3.8, 4) is 0 Å². The molecule has 4 nitrogen and oxygen atoms in total. The van der Waals surface area contributed by atoms with E-state index in [-0.39, 0.29) is 0 Å². The van der Waals surface area contributed by atoms with Crippen LogP contribution in [0.2, 0.25) is 0 Å². The van der Waals surface area contributed by atoms with Crippen LogP contribution in [0.3, 0.4) is 0 Å². The van der Waals surface area contributed by atoms with E-state index in [2.05, 4.69) is 48.1 Å². The fraction of sp³-hybridized carbons (Fsp3) is 0.429. The van der Waals surface area contributed by atoms with Crippen LogP contribution in [0.4, 0.5) is 5.69 Å². The van der Waals surface area contributed by atoms with Crippen molar-refractivity contribution in [1.82, 2.24) is 15.2 Å². The fourth-order valence-electron chi connectivity index (χ4n) is 1.87. The third kappa shape index (κ3) is 2.88. The fourth-order valence-corrected chi connectivity index (χ4v) is 1.87. The van der Waals surface area contributed by atoms with Gasteiger partial charge in [-0.05, 0) is 24.1 Å². The standard InChI is InChI=1S/C14H20N4/c1-9(2)13-16-14(18-17-13)10(3)8-11-4-6-12(15)7-5-11/h4-7,9-10H,8,15H2,1-3H3,(H,16,17,18). The Hall–Kier alpha value is -1.84. The summed E-state index contributed by atoms with van der Waals surface area (Å²) in [5, 5.41) is 7.27. The lowest BCUT2D eigenvalue weighted by Gasteiger charge is -2.08. The van der Waals surface area contributed by atoms with Gasteiger partial charge in [-0.3, -0.25) is 5.10 Å². The average molecular weight is 244 g/mol. The molecule has 1 unspecified atom stereocenters. The highest BCUT2D eigenvalue weighted by Crippen LogP contribution is 2.19. The topological polar surface area (TPSA) is 67.6 Å². The predicted molar refractivity (Wildman–Crippen MR) is 73.4 cm³/mol. The lowest BCUT2D eigenvalue weighted by molar-refractivity contribution is 0.700. The predicted octanol–water partition coefficient (Wildman–Crippen LogP) is 2.86. The van der Waals surface area contributed by atoms with Crippen LogP contribution in [0.1, 0.15) is 49.8 Å². The van der Waals surface area contributed by atoms with Crippen LogP contribution in [0.5, 0.6) is 0 Å². The molecule has 2 aromatic rings. The zero-order chi connectivity index (χ0) is 13.1. The molecule has 18 heavy (non-hydrogen) atoms. The molecule has 0 bridgehead atoms. The number of nitrogens with zero attached hydrogens (tertiary/aromatic N) is 2. The van der Waals surface area contributed by atoms with Crippen molar-refractivity contribution in [1.29, 1.82) is 0 Å². The maximum absolute atomic E-state index is 5.68. The summed E-state index contributed by atoms with van der Waals surface area (Å²) < 4.78 is 0. The monoisotopic (exact) mass is 244 g/mol. The van der Waals surface area contributed by atoms with E-state index >= 15 is 0 Å². The Kier molecular flexibility index (Phi) is 3.65. The Bertz CT molecular complexity index is 499. The molecular formula is C14H20N4. The molecule has 0 aliphatic carbocycles. The smallest absolute Gasteiger partial charge is 0.153 e. The maximum atomic E-state index is 5.68. The van der Waals surface area contributed by atoms with Gasteiger partial charge in [0.25, 0.3) is 0 Å². The molecule has 0 amide bonds. The first-order valence-corrected chi connectivity index (χ1v) is 6.33. The molecule has 0 fully saturated rings. The molecule has 3 N–H and O–H groups in total. The van der Waals surface area contributed by atoms with E-state index in [4.69, 9.17) is 5.73 Å². The number of hydrogen-bond acceptors (Lipinski definition) is 3.